The van der Waals surface area contributed by atoms with Gasteiger partial charge in [-0.3, -0.25) is 0 Å². The van der Waals surface area contributed by atoms with Gasteiger partial charge in [-0.15, -0.1) is 0 Å². The highest BCUT2D eigenvalue weighted by molar-refractivity contribution is 5.82. The van der Waals surface area contributed by atoms with Crippen LogP contribution in [-0.2, 0) is 0 Å². The number of hydrogen-bond acceptors (Lipinski definition) is 3. The predicted molar refractivity (Wildman–Crippen MR) is 103 cm³/mol. The SMILES string of the molecule is C=C(/C=C(\C)O)/C(C)=C(\C(F)=C/C)c1ccc(O)cc1.CCCCO. The number of hydrogen-bond donors (Lipinski definition) is 3. The molecule has 25 heavy (non-hydrogen) atoms. The highest BCUT2D eigenvalue weighted by Crippen LogP contribution is 2.32. The van der Waals surface area contributed by atoms with Gasteiger partial charge in [0, 0.05) is 12.2 Å². The van der Waals surface area contributed by atoms with Gasteiger partial charge in [0.25, 0.3) is 0 Å². The van der Waals surface area contributed by atoms with Crippen LogP contribution in [0.1, 0.15) is 46.1 Å². The van der Waals surface area contributed by atoms with E-state index < -0.39 is 0 Å². The summed E-state index contributed by atoms with van der Waals surface area (Å²) in [4.78, 5) is 0. The second-order valence-corrected chi connectivity index (χ2v) is 5.57. The molecule has 0 aromatic heterocycles. The Balaban J connectivity index is 0.00000101. The number of phenols is 1. The average molecular weight is 348 g/mol. The average Bonchev–Trinajstić information content (AvgIpc) is 2.57. The number of aliphatic hydroxyl groups excluding tert-OH is 2. The standard InChI is InChI=1S/C17H19FO2.C4H10O/c1-5-16(18)17(13(4)11(2)10-12(3)19)14-6-8-15(20)9-7-14;1-2-3-4-5/h5-10,19-20H,2H2,1,3-4H3;5H,2-4H2,1H3/b12-10+,16-5+,17-13-;. The first-order valence-corrected chi connectivity index (χ1v) is 8.28. The van der Waals surface area contributed by atoms with Crippen molar-refractivity contribution >= 4 is 5.57 Å². The molecule has 0 atom stereocenters. The maximum Gasteiger partial charge on any atom is 0.127 e. The zero-order valence-electron chi connectivity index (χ0n) is 15.5. The van der Waals surface area contributed by atoms with Crippen molar-refractivity contribution in [1.82, 2.24) is 0 Å². The topological polar surface area (TPSA) is 60.7 Å². The first-order valence-electron chi connectivity index (χ1n) is 8.28. The van der Waals surface area contributed by atoms with Gasteiger partial charge in [-0.1, -0.05) is 38.1 Å². The molecule has 3 N–H and O–H groups in total. The van der Waals surface area contributed by atoms with Crippen molar-refractivity contribution in [2.75, 3.05) is 6.61 Å². The normalized spacial score (nSPS) is 12.9. The molecule has 0 radical (unpaired) electrons. The van der Waals surface area contributed by atoms with Crippen LogP contribution in [0, 0.1) is 0 Å². The summed E-state index contributed by atoms with van der Waals surface area (Å²) in [5.74, 6) is -0.143. The zero-order chi connectivity index (χ0) is 19.4. The third-order valence-corrected chi connectivity index (χ3v) is 3.40. The zero-order valence-corrected chi connectivity index (χ0v) is 15.5. The van der Waals surface area contributed by atoms with E-state index in [1.807, 2.05) is 0 Å². The Labute approximate surface area is 150 Å². The third-order valence-electron chi connectivity index (χ3n) is 3.40. The second-order valence-electron chi connectivity index (χ2n) is 5.57. The fourth-order valence-corrected chi connectivity index (χ4v) is 1.99. The lowest BCUT2D eigenvalue weighted by Crippen LogP contribution is -1.93. The fraction of sp³-hybridized carbons (Fsp3) is 0.333. The molecule has 3 nitrogen and oxygen atoms in total. The van der Waals surface area contributed by atoms with E-state index in [2.05, 4.69) is 13.5 Å². The van der Waals surface area contributed by atoms with Crippen LogP contribution in [-0.4, -0.2) is 21.9 Å². The minimum atomic E-state index is -0.377. The molecule has 1 rings (SSSR count). The molecule has 0 heterocycles. The van der Waals surface area contributed by atoms with Gasteiger partial charge in [-0.2, -0.15) is 0 Å². The highest BCUT2D eigenvalue weighted by atomic mass is 19.1. The molecule has 138 valence electrons. The van der Waals surface area contributed by atoms with Crippen LogP contribution in [0.3, 0.4) is 0 Å². The number of rotatable bonds is 6. The van der Waals surface area contributed by atoms with Crippen LogP contribution in [0.25, 0.3) is 5.57 Å². The summed E-state index contributed by atoms with van der Waals surface area (Å²) in [6, 6.07) is 6.28. The van der Waals surface area contributed by atoms with Crippen LogP contribution < -0.4 is 0 Å². The lowest BCUT2D eigenvalue weighted by atomic mass is 9.94. The minimum Gasteiger partial charge on any atom is -0.513 e. The monoisotopic (exact) mass is 348 g/mol. The molecule has 0 saturated carbocycles. The van der Waals surface area contributed by atoms with E-state index in [1.165, 1.54) is 31.2 Å². The van der Waals surface area contributed by atoms with Gasteiger partial charge in [0.15, 0.2) is 0 Å². The molecule has 0 amide bonds. The minimum absolute atomic E-state index is 0.111. The molecular formula is C21H29FO3. The van der Waals surface area contributed by atoms with Crippen LogP contribution in [0.2, 0.25) is 0 Å². The molecule has 0 aliphatic rings. The van der Waals surface area contributed by atoms with Gasteiger partial charge in [-0.05, 0) is 62.1 Å². The molecular weight excluding hydrogens is 319 g/mol. The van der Waals surface area contributed by atoms with Crippen LogP contribution >= 0.6 is 0 Å². The Bertz CT molecular complexity index is 632. The van der Waals surface area contributed by atoms with Gasteiger partial charge < -0.3 is 15.3 Å². The van der Waals surface area contributed by atoms with E-state index in [9.17, 15) is 14.6 Å². The maximum absolute atomic E-state index is 14.1. The molecule has 0 fully saturated rings. The van der Waals surface area contributed by atoms with Crippen molar-refractivity contribution in [2.45, 2.75) is 40.5 Å². The summed E-state index contributed by atoms with van der Waals surface area (Å²) >= 11 is 0. The molecule has 0 aliphatic carbocycles. The van der Waals surface area contributed by atoms with Gasteiger partial charge in [0.05, 0.1) is 5.76 Å². The second kappa shape index (κ2) is 12.1. The Kier molecular flexibility index (Phi) is 11.0. The van der Waals surface area contributed by atoms with Crippen molar-refractivity contribution in [3.8, 4) is 5.75 Å². The fourth-order valence-electron chi connectivity index (χ4n) is 1.99. The Morgan fingerprint density at radius 1 is 1.20 bits per heavy atom. The summed E-state index contributed by atoms with van der Waals surface area (Å²) in [5.41, 5.74) is 2.20. The van der Waals surface area contributed by atoms with E-state index in [0.29, 0.717) is 28.9 Å². The Morgan fingerprint density at radius 2 is 1.76 bits per heavy atom. The number of allylic oxidation sites excluding steroid dienone is 7. The van der Waals surface area contributed by atoms with Crippen LogP contribution in [0.4, 0.5) is 4.39 Å². The van der Waals surface area contributed by atoms with E-state index in [4.69, 9.17) is 5.11 Å². The lowest BCUT2D eigenvalue weighted by Gasteiger charge is -2.12. The van der Waals surface area contributed by atoms with Crippen LogP contribution in [0.5, 0.6) is 5.75 Å². The first-order chi connectivity index (χ1) is 11.8. The summed E-state index contributed by atoms with van der Waals surface area (Å²) in [7, 11) is 0. The molecule has 0 saturated heterocycles. The van der Waals surface area contributed by atoms with Crippen molar-refractivity contribution in [2.24, 2.45) is 0 Å². The van der Waals surface area contributed by atoms with Crippen LogP contribution in [0.15, 0.2) is 65.7 Å². The van der Waals surface area contributed by atoms with Gasteiger partial charge in [-0.25, -0.2) is 4.39 Å². The summed E-state index contributed by atoms with van der Waals surface area (Å²) in [6.45, 7) is 11.1. The molecule has 0 bridgehead atoms. The summed E-state index contributed by atoms with van der Waals surface area (Å²) in [6.07, 6.45) is 4.89. The number of aromatic hydroxyl groups is 1. The van der Waals surface area contributed by atoms with Crippen molar-refractivity contribution in [3.63, 3.8) is 0 Å². The molecule has 0 aliphatic heterocycles. The van der Waals surface area contributed by atoms with E-state index in [1.54, 1.807) is 26.0 Å². The smallest absolute Gasteiger partial charge is 0.127 e. The molecule has 1 aromatic rings. The lowest BCUT2D eigenvalue weighted by molar-refractivity contribution is 0.287. The van der Waals surface area contributed by atoms with Crippen molar-refractivity contribution < 1.29 is 19.7 Å². The Hall–Kier alpha value is -2.33. The van der Waals surface area contributed by atoms with Gasteiger partial charge >= 0.3 is 0 Å². The number of halogens is 1. The molecule has 1 aromatic carbocycles. The summed E-state index contributed by atoms with van der Waals surface area (Å²) in [5, 5.41) is 26.7. The van der Waals surface area contributed by atoms with E-state index in [0.717, 1.165) is 12.8 Å². The van der Waals surface area contributed by atoms with Crippen molar-refractivity contribution in [3.05, 3.63) is 71.3 Å². The quantitative estimate of drug-likeness (QED) is 0.447. The molecule has 0 unspecified atom stereocenters. The number of benzene rings is 1. The number of aliphatic hydroxyl groups is 2. The van der Waals surface area contributed by atoms with Gasteiger partial charge in [0.1, 0.15) is 11.6 Å². The number of phenolic OH excluding ortho intramolecular Hbond substituents is 1. The predicted octanol–water partition coefficient (Wildman–Crippen LogP) is 5.84. The highest BCUT2D eigenvalue weighted by Gasteiger charge is 2.12. The first kappa shape index (κ1) is 22.7. The largest absolute Gasteiger partial charge is 0.513 e. The maximum atomic E-state index is 14.1. The molecule has 4 heteroatoms. The van der Waals surface area contributed by atoms with E-state index >= 15 is 0 Å². The van der Waals surface area contributed by atoms with Gasteiger partial charge in [0.2, 0.25) is 0 Å². The summed E-state index contributed by atoms with van der Waals surface area (Å²) < 4.78 is 14.1. The third kappa shape index (κ3) is 8.36. The van der Waals surface area contributed by atoms with Crippen molar-refractivity contribution in [1.29, 1.82) is 0 Å². The number of unbranched alkanes of at least 4 members (excludes halogenated alkanes) is 1. The molecule has 0 spiro atoms. The Morgan fingerprint density at radius 3 is 2.12 bits per heavy atom. The van der Waals surface area contributed by atoms with E-state index in [-0.39, 0.29) is 17.3 Å².